The third-order valence-corrected chi connectivity index (χ3v) is 2.23. The zero-order valence-corrected chi connectivity index (χ0v) is 8.33. The summed E-state index contributed by atoms with van der Waals surface area (Å²) in [5.41, 5.74) is 0. The fourth-order valence-corrected chi connectivity index (χ4v) is 1.50. The van der Waals surface area contributed by atoms with E-state index in [2.05, 4.69) is 10.8 Å². The number of piperidine rings is 1. The number of Topliss-reactive ketones (excluding diaryl/α,β-unsaturated/α-hetero) is 1. The van der Waals surface area contributed by atoms with E-state index >= 15 is 0 Å². The predicted octanol–water partition coefficient (Wildman–Crippen LogP) is 0.786. The smallest absolute Gasteiger partial charge is 0.131 e. The van der Waals surface area contributed by atoms with Crippen LogP contribution in [-0.4, -0.2) is 35.5 Å². The van der Waals surface area contributed by atoms with Crippen molar-refractivity contribution in [1.29, 1.82) is 0 Å². The van der Waals surface area contributed by atoms with Gasteiger partial charge in [-0.2, -0.15) is 0 Å². The van der Waals surface area contributed by atoms with Crippen LogP contribution in [-0.2, 0) is 4.79 Å². The maximum Gasteiger partial charge on any atom is 0.131 e. The first-order valence-electron chi connectivity index (χ1n) is 4.76. The molecule has 0 spiro atoms. The van der Waals surface area contributed by atoms with Crippen LogP contribution >= 0.6 is 0 Å². The Morgan fingerprint density at radius 2 is 1.85 bits per heavy atom. The Morgan fingerprint density at radius 3 is 2.31 bits per heavy atom. The Labute approximate surface area is 79.7 Å². The van der Waals surface area contributed by atoms with Crippen LogP contribution in [0.5, 0.6) is 0 Å². The van der Waals surface area contributed by atoms with E-state index in [0.29, 0.717) is 5.78 Å². The third-order valence-electron chi connectivity index (χ3n) is 2.23. The van der Waals surface area contributed by atoms with E-state index in [4.69, 9.17) is 5.21 Å². The maximum atomic E-state index is 10.7. The summed E-state index contributed by atoms with van der Waals surface area (Å²) in [6, 6.07) is 0. The van der Waals surface area contributed by atoms with Gasteiger partial charge in [0.15, 0.2) is 0 Å². The molecule has 4 nitrogen and oxygen atoms in total. The van der Waals surface area contributed by atoms with Crippen molar-refractivity contribution in [3.05, 3.63) is 0 Å². The summed E-state index contributed by atoms with van der Waals surface area (Å²) in [6.07, 6.45) is 4.74. The first-order chi connectivity index (χ1) is 6.29. The summed E-state index contributed by atoms with van der Waals surface area (Å²) in [6.45, 7) is 5.06. The van der Waals surface area contributed by atoms with E-state index in [9.17, 15) is 4.79 Å². The van der Waals surface area contributed by atoms with E-state index in [1.165, 1.54) is 32.4 Å². The molecule has 1 aliphatic rings. The SMILES string of the molecule is CC(=O)CCN1CCCCC1.NO. The van der Waals surface area contributed by atoms with Gasteiger partial charge in [0.05, 0.1) is 0 Å². The van der Waals surface area contributed by atoms with Gasteiger partial charge in [-0.1, -0.05) is 6.42 Å². The number of likely N-dealkylation sites (tertiary alicyclic amines) is 1. The average Bonchev–Trinajstić information content (AvgIpc) is 2.19. The highest BCUT2D eigenvalue weighted by Crippen LogP contribution is 2.08. The molecule has 4 heteroatoms. The predicted molar refractivity (Wildman–Crippen MR) is 51.6 cm³/mol. The van der Waals surface area contributed by atoms with E-state index in [0.717, 1.165) is 13.0 Å². The van der Waals surface area contributed by atoms with Gasteiger partial charge in [0, 0.05) is 13.0 Å². The van der Waals surface area contributed by atoms with Crippen molar-refractivity contribution in [1.82, 2.24) is 4.90 Å². The van der Waals surface area contributed by atoms with E-state index in [-0.39, 0.29) is 0 Å². The molecule has 0 aromatic heterocycles. The number of carbonyl (C=O) groups excluding carboxylic acids is 1. The highest BCUT2D eigenvalue weighted by molar-refractivity contribution is 5.75. The largest absolute Gasteiger partial charge is 0.320 e. The van der Waals surface area contributed by atoms with Crippen LogP contribution < -0.4 is 5.90 Å². The second-order valence-electron chi connectivity index (χ2n) is 3.35. The molecule has 1 aliphatic heterocycles. The van der Waals surface area contributed by atoms with Gasteiger partial charge < -0.3 is 10.1 Å². The first kappa shape index (κ1) is 12.6. The molecule has 13 heavy (non-hydrogen) atoms. The highest BCUT2D eigenvalue weighted by atomic mass is 16.4. The zero-order chi connectivity index (χ0) is 10.1. The minimum absolute atomic E-state index is 0.315. The lowest BCUT2D eigenvalue weighted by atomic mass is 10.1. The molecule has 0 saturated carbocycles. The molecule has 1 saturated heterocycles. The Morgan fingerprint density at radius 1 is 1.31 bits per heavy atom. The van der Waals surface area contributed by atoms with Gasteiger partial charge in [-0.3, -0.25) is 4.79 Å². The lowest BCUT2D eigenvalue weighted by molar-refractivity contribution is -0.117. The molecule has 78 valence electrons. The number of rotatable bonds is 3. The van der Waals surface area contributed by atoms with Crippen molar-refractivity contribution >= 4 is 5.78 Å². The van der Waals surface area contributed by atoms with Crippen molar-refractivity contribution in [3.63, 3.8) is 0 Å². The van der Waals surface area contributed by atoms with Crippen molar-refractivity contribution < 1.29 is 10.0 Å². The molecule has 0 aromatic rings. The molecule has 0 aliphatic carbocycles. The van der Waals surface area contributed by atoms with Crippen LogP contribution in [0.25, 0.3) is 0 Å². The molecular weight excluding hydrogens is 168 g/mol. The standard InChI is InChI=1S/C9H17NO.H3NO/c1-9(11)5-8-10-6-3-2-4-7-10;1-2/h2-8H2,1H3;2H,1H2. The number of carbonyl (C=O) groups is 1. The summed E-state index contributed by atoms with van der Waals surface area (Å²) < 4.78 is 0. The van der Waals surface area contributed by atoms with E-state index in [1.54, 1.807) is 6.92 Å². The lowest BCUT2D eigenvalue weighted by Crippen LogP contribution is -2.31. The molecule has 0 aromatic carbocycles. The van der Waals surface area contributed by atoms with E-state index in [1.807, 2.05) is 0 Å². The van der Waals surface area contributed by atoms with Crippen LogP contribution in [0.3, 0.4) is 0 Å². The highest BCUT2D eigenvalue weighted by Gasteiger charge is 2.09. The zero-order valence-electron chi connectivity index (χ0n) is 8.33. The quantitative estimate of drug-likeness (QED) is 0.642. The van der Waals surface area contributed by atoms with Crippen LogP contribution in [0.15, 0.2) is 0 Å². The van der Waals surface area contributed by atoms with Gasteiger partial charge in [0.1, 0.15) is 5.78 Å². The second-order valence-corrected chi connectivity index (χ2v) is 3.35. The first-order valence-corrected chi connectivity index (χ1v) is 4.76. The van der Waals surface area contributed by atoms with Crippen molar-refractivity contribution in [2.24, 2.45) is 5.90 Å². The Bertz CT molecular complexity index is 134. The number of hydrogen-bond donors (Lipinski definition) is 2. The van der Waals surface area contributed by atoms with Gasteiger partial charge >= 0.3 is 0 Å². The Kier molecular flexibility index (Phi) is 7.88. The topological polar surface area (TPSA) is 66.6 Å². The van der Waals surface area contributed by atoms with Gasteiger partial charge in [-0.15, -0.1) is 0 Å². The van der Waals surface area contributed by atoms with Crippen molar-refractivity contribution in [3.8, 4) is 0 Å². The average molecular weight is 188 g/mol. The molecule has 1 heterocycles. The van der Waals surface area contributed by atoms with E-state index < -0.39 is 0 Å². The number of nitrogens with zero attached hydrogens (tertiary/aromatic N) is 1. The molecule has 1 rings (SSSR count). The second kappa shape index (κ2) is 8.16. The molecule has 3 N–H and O–H groups in total. The molecule has 0 radical (unpaired) electrons. The Hall–Kier alpha value is -0.450. The van der Waals surface area contributed by atoms with Crippen molar-refractivity contribution in [2.45, 2.75) is 32.6 Å². The minimum atomic E-state index is 0.315. The monoisotopic (exact) mass is 188 g/mol. The number of hydrogen-bond acceptors (Lipinski definition) is 4. The molecule has 0 bridgehead atoms. The number of ketones is 1. The summed E-state index contributed by atoms with van der Waals surface area (Å²) >= 11 is 0. The minimum Gasteiger partial charge on any atom is -0.320 e. The fourth-order valence-electron chi connectivity index (χ4n) is 1.50. The third kappa shape index (κ3) is 6.69. The maximum absolute atomic E-state index is 10.7. The normalized spacial score (nSPS) is 17.5. The summed E-state index contributed by atoms with van der Waals surface area (Å²) in [5, 5.41) is 6.50. The van der Waals surface area contributed by atoms with Crippen molar-refractivity contribution in [2.75, 3.05) is 19.6 Å². The van der Waals surface area contributed by atoms with Crippen LogP contribution in [0.4, 0.5) is 0 Å². The van der Waals surface area contributed by atoms with Gasteiger partial charge in [-0.25, -0.2) is 5.90 Å². The molecule has 0 atom stereocenters. The molecule has 0 amide bonds. The van der Waals surface area contributed by atoms with Gasteiger partial charge in [0.25, 0.3) is 0 Å². The Balaban J connectivity index is 0.000000671. The molecule has 0 unspecified atom stereocenters. The molecule has 1 fully saturated rings. The molecular formula is C9H20N2O2. The fraction of sp³-hybridized carbons (Fsp3) is 0.889. The number of nitrogens with two attached hydrogens (primary N) is 1. The van der Waals surface area contributed by atoms with Gasteiger partial charge in [-0.05, 0) is 32.9 Å². The van der Waals surface area contributed by atoms with Crippen LogP contribution in [0.1, 0.15) is 32.6 Å². The van der Waals surface area contributed by atoms with Gasteiger partial charge in [0.2, 0.25) is 0 Å². The van der Waals surface area contributed by atoms with Crippen LogP contribution in [0.2, 0.25) is 0 Å². The van der Waals surface area contributed by atoms with Crippen LogP contribution in [0, 0.1) is 0 Å². The summed E-state index contributed by atoms with van der Waals surface area (Å²) in [7, 11) is 0. The summed E-state index contributed by atoms with van der Waals surface area (Å²) in [5.74, 6) is 3.82. The lowest BCUT2D eigenvalue weighted by Gasteiger charge is -2.25. The summed E-state index contributed by atoms with van der Waals surface area (Å²) in [4.78, 5) is 13.1.